The number of nitrogens with one attached hydrogen (secondary N) is 2. The monoisotopic (exact) mass is 342 g/mol. The van der Waals surface area contributed by atoms with Gasteiger partial charge in [0.15, 0.2) is 0 Å². The van der Waals surface area contributed by atoms with Gasteiger partial charge >= 0.3 is 0 Å². The van der Waals surface area contributed by atoms with E-state index in [9.17, 15) is 4.79 Å². The highest BCUT2D eigenvalue weighted by atomic mass is 35.5. The van der Waals surface area contributed by atoms with Crippen molar-refractivity contribution in [3.05, 3.63) is 64.7 Å². The van der Waals surface area contributed by atoms with Crippen LogP contribution in [0.1, 0.15) is 41.0 Å². The highest BCUT2D eigenvalue weighted by Crippen LogP contribution is 2.32. The fourth-order valence-corrected chi connectivity index (χ4v) is 3.81. The van der Waals surface area contributed by atoms with Gasteiger partial charge in [0.05, 0.1) is 5.92 Å². The first-order valence-electron chi connectivity index (χ1n) is 8.52. The molecule has 3 nitrogen and oxygen atoms in total. The molecule has 1 atom stereocenters. The van der Waals surface area contributed by atoms with Crippen LogP contribution in [-0.4, -0.2) is 12.5 Å². The number of carbonyl (C=O) groups excluding carboxylic acids is 1. The molecule has 126 valence electrons. The lowest BCUT2D eigenvalue weighted by Crippen LogP contribution is -2.26. The Morgan fingerprint density at radius 2 is 1.92 bits per heavy atom. The summed E-state index contributed by atoms with van der Waals surface area (Å²) in [6.07, 6.45) is 4.18. The summed E-state index contributed by atoms with van der Waals surface area (Å²) in [5.74, 6) is 0.106. The van der Waals surface area contributed by atoms with E-state index in [2.05, 4.69) is 41.0 Å². The van der Waals surface area contributed by atoms with Gasteiger partial charge in [0, 0.05) is 12.2 Å². The molecule has 1 aliphatic heterocycles. The van der Waals surface area contributed by atoms with Crippen molar-refractivity contribution >= 4 is 24.0 Å². The standard InChI is InChI=1S/C20H22N2O.ClH/c23-20(19-7-3-5-15-4-1-2-6-18(15)19)22-17-9-8-14-10-11-21-13-16(14)12-17;/h1-2,4,6,8-9,12,19,21H,3,5,7,10-11,13H2,(H,22,23);1H. The summed E-state index contributed by atoms with van der Waals surface area (Å²) < 4.78 is 0. The average Bonchev–Trinajstić information content (AvgIpc) is 2.61. The first-order chi connectivity index (χ1) is 11.3. The molecule has 24 heavy (non-hydrogen) atoms. The molecule has 0 fully saturated rings. The molecule has 2 aliphatic rings. The van der Waals surface area contributed by atoms with Crippen molar-refractivity contribution < 1.29 is 4.79 Å². The number of fused-ring (bicyclic) bond motifs is 2. The van der Waals surface area contributed by atoms with Crippen LogP contribution >= 0.6 is 12.4 Å². The third kappa shape index (κ3) is 3.33. The number of hydrogen-bond acceptors (Lipinski definition) is 2. The van der Waals surface area contributed by atoms with Gasteiger partial charge in [0.25, 0.3) is 0 Å². The van der Waals surface area contributed by atoms with Crippen LogP contribution in [0.25, 0.3) is 0 Å². The molecular formula is C20H23ClN2O. The van der Waals surface area contributed by atoms with Crippen LogP contribution in [0.15, 0.2) is 42.5 Å². The van der Waals surface area contributed by atoms with Gasteiger partial charge in [-0.05, 0) is 66.6 Å². The molecule has 1 amide bonds. The molecule has 2 aromatic rings. The predicted octanol–water partition coefficient (Wildman–Crippen LogP) is 3.81. The van der Waals surface area contributed by atoms with Crippen molar-refractivity contribution in [3.63, 3.8) is 0 Å². The maximum atomic E-state index is 12.8. The van der Waals surface area contributed by atoms with E-state index in [1.54, 1.807) is 0 Å². The van der Waals surface area contributed by atoms with Crippen LogP contribution < -0.4 is 10.6 Å². The average molecular weight is 343 g/mol. The first-order valence-corrected chi connectivity index (χ1v) is 8.52. The maximum Gasteiger partial charge on any atom is 0.231 e. The third-order valence-electron chi connectivity index (χ3n) is 5.05. The van der Waals surface area contributed by atoms with Crippen molar-refractivity contribution in [2.45, 2.75) is 38.1 Å². The molecule has 0 saturated carbocycles. The molecule has 0 saturated heterocycles. The highest BCUT2D eigenvalue weighted by Gasteiger charge is 2.26. The van der Waals surface area contributed by atoms with E-state index in [4.69, 9.17) is 0 Å². The van der Waals surface area contributed by atoms with Gasteiger partial charge in [0.1, 0.15) is 0 Å². The fraction of sp³-hybridized carbons (Fsp3) is 0.350. The second kappa shape index (κ2) is 7.37. The second-order valence-corrected chi connectivity index (χ2v) is 6.54. The number of carbonyl (C=O) groups is 1. The molecule has 1 unspecified atom stereocenters. The summed E-state index contributed by atoms with van der Waals surface area (Å²) in [6.45, 7) is 1.93. The number of amides is 1. The van der Waals surface area contributed by atoms with Crippen LogP contribution in [0.3, 0.4) is 0 Å². The normalized spacial score (nSPS) is 18.8. The topological polar surface area (TPSA) is 41.1 Å². The molecule has 1 heterocycles. The minimum Gasteiger partial charge on any atom is -0.326 e. The fourth-order valence-electron chi connectivity index (χ4n) is 3.81. The van der Waals surface area contributed by atoms with Gasteiger partial charge in [-0.25, -0.2) is 0 Å². The molecule has 4 heteroatoms. The van der Waals surface area contributed by atoms with Crippen LogP contribution in [0.2, 0.25) is 0 Å². The Hall–Kier alpha value is -1.84. The number of hydrogen-bond donors (Lipinski definition) is 2. The lowest BCUT2D eigenvalue weighted by Gasteiger charge is -2.25. The number of rotatable bonds is 2. The van der Waals surface area contributed by atoms with E-state index in [1.165, 1.54) is 22.3 Å². The molecule has 2 N–H and O–H groups in total. The zero-order chi connectivity index (χ0) is 15.6. The number of anilines is 1. The van der Waals surface area contributed by atoms with E-state index in [-0.39, 0.29) is 24.2 Å². The molecule has 1 aliphatic carbocycles. The molecule has 0 radical (unpaired) electrons. The van der Waals surface area contributed by atoms with E-state index in [0.717, 1.165) is 44.5 Å². The summed E-state index contributed by atoms with van der Waals surface area (Å²) in [4.78, 5) is 12.8. The van der Waals surface area contributed by atoms with Gasteiger partial charge in [0.2, 0.25) is 5.91 Å². The number of aryl methyl sites for hydroxylation is 1. The van der Waals surface area contributed by atoms with Gasteiger partial charge in [-0.15, -0.1) is 12.4 Å². The second-order valence-electron chi connectivity index (χ2n) is 6.54. The van der Waals surface area contributed by atoms with E-state index in [1.807, 2.05) is 12.1 Å². The van der Waals surface area contributed by atoms with Gasteiger partial charge in [-0.2, -0.15) is 0 Å². The lowest BCUT2D eigenvalue weighted by molar-refractivity contribution is -0.117. The lowest BCUT2D eigenvalue weighted by atomic mass is 9.82. The van der Waals surface area contributed by atoms with Crippen molar-refractivity contribution in [1.82, 2.24) is 5.32 Å². The minimum atomic E-state index is -0.0193. The first kappa shape index (κ1) is 17.0. The molecule has 4 rings (SSSR count). The number of halogens is 1. The summed E-state index contributed by atoms with van der Waals surface area (Å²) in [5, 5.41) is 6.52. The quantitative estimate of drug-likeness (QED) is 0.871. The zero-order valence-electron chi connectivity index (χ0n) is 13.7. The summed E-state index contributed by atoms with van der Waals surface area (Å²) in [5.41, 5.74) is 6.15. The van der Waals surface area contributed by atoms with Crippen molar-refractivity contribution in [2.24, 2.45) is 0 Å². The minimum absolute atomic E-state index is 0. The van der Waals surface area contributed by atoms with E-state index >= 15 is 0 Å². The SMILES string of the molecule is Cl.O=C(Nc1ccc2c(c1)CNCC2)C1CCCc2ccccc21. The zero-order valence-corrected chi connectivity index (χ0v) is 14.5. The summed E-state index contributed by atoms with van der Waals surface area (Å²) in [7, 11) is 0. The van der Waals surface area contributed by atoms with Crippen LogP contribution in [0.4, 0.5) is 5.69 Å². The van der Waals surface area contributed by atoms with E-state index in [0.29, 0.717) is 0 Å². The third-order valence-corrected chi connectivity index (χ3v) is 5.05. The Kier molecular flexibility index (Phi) is 5.22. The Morgan fingerprint density at radius 3 is 2.83 bits per heavy atom. The maximum absolute atomic E-state index is 12.8. The van der Waals surface area contributed by atoms with Gasteiger partial charge < -0.3 is 10.6 Å². The van der Waals surface area contributed by atoms with Crippen molar-refractivity contribution in [3.8, 4) is 0 Å². The van der Waals surface area contributed by atoms with Gasteiger partial charge in [-0.1, -0.05) is 30.3 Å². The molecule has 2 aromatic carbocycles. The van der Waals surface area contributed by atoms with Crippen molar-refractivity contribution in [2.75, 3.05) is 11.9 Å². The summed E-state index contributed by atoms with van der Waals surface area (Å²) in [6, 6.07) is 14.7. The van der Waals surface area contributed by atoms with Crippen molar-refractivity contribution in [1.29, 1.82) is 0 Å². The smallest absolute Gasteiger partial charge is 0.231 e. The predicted molar refractivity (Wildman–Crippen MR) is 99.9 cm³/mol. The van der Waals surface area contributed by atoms with Crippen LogP contribution in [0, 0.1) is 0 Å². The summed E-state index contributed by atoms with van der Waals surface area (Å²) >= 11 is 0. The van der Waals surface area contributed by atoms with Gasteiger partial charge in [-0.3, -0.25) is 4.79 Å². The number of benzene rings is 2. The Bertz CT molecular complexity index is 744. The van der Waals surface area contributed by atoms with Crippen LogP contribution in [-0.2, 0) is 24.2 Å². The highest BCUT2D eigenvalue weighted by molar-refractivity contribution is 5.96. The Balaban J connectivity index is 0.00000169. The molecule has 0 aromatic heterocycles. The Labute approximate surface area is 149 Å². The molecular weight excluding hydrogens is 320 g/mol. The Morgan fingerprint density at radius 1 is 1.04 bits per heavy atom. The largest absolute Gasteiger partial charge is 0.326 e. The van der Waals surface area contributed by atoms with E-state index < -0.39 is 0 Å². The molecule has 0 spiro atoms. The molecule has 0 bridgehead atoms. The van der Waals surface area contributed by atoms with Crippen LogP contribution in [0.5, 0.6) is 0 Å².